The van der Waals surface area contributed by atoms with Gasteiger partial charge in [-0.2, -0.15) is 0 Å². The van der Waals surface area contributed by atoms with Crippen LogP contribution in [0, 0.1) is 0 Å². The highest BCUT2D eigenvalue weighted by molar-refractivity contribution is 5.50. The van der Waals surface area contributed by atoms with Gasteiger partial charge in [-0.15, -0.1) is 0 Å². The lowest BCUT2D eigenvalue weighted by Gasteiger charge is -2.19. The van der Waals surface area contributed by atoms with Crippen molar-refractivity contribution in [2.45, 2.75) is 58.7 Å². The van der Waals surface area contributed by atoms with E-state index in [-0.39, 0.29) is 6.29 Å². The second-order valence-corrected chi connectivity index (χ2v) is 7.01. The molecule has 1 aromatic carbocycles. The third kappa shape index (κ3) is 9.41. The number of benzene rings is 1. The Hall–Kier alpha value is -1.36. The lowest BCUT2D eigenvalue weighted by Crippen LogP contribution is -2.26. The van der Waals surface area contributed by atoms with Gasteiger partial charge in [-0.25, -0.2) is 0 Å². The maximum atomic E-state index is 5.90. The first kappa shape index (κ1) is 21.9. The fourth-order valence-corrected chi connectivity index (χ4v) is 3.38. The summed E-state index contributed by atoms with van der Waals surface area (Å²) >= 11 is 0. The van der Waals surface area contributed by atoms with E-state index in [0.29, 0.717) is 13.2 Å². The van der Waals surface area contributed by atoms with Crippen LogP contribution in [-0.4, -0.2) is 50.6 Å². The molecule has 0 N–H and O–H groups in total. The molecule has 0 bridgehead atoms. The van der Waals surface area contributed by atoms with Crippen LogP contribution in [0.25, 0.3) is 6.08 Å². The van der Waals surface area contributed by atoms with Gasteiger partial charge < -0.3 is 19.1 Å². The van der Waals surface area contributed by atoms with Crippen LogP contribution in [0.15, 0.2) is 30.3 Å². The van der Waals surface area contributed by atoms with E-state index in [1.807, 2.05) is 26.0 Å². The highest BCUT2D eigenvalue weighted by atomic mass is 16.7. The van der Waals surface area contributed by atoms with Crippen molar-refractivity contribution in [1.82, 2.24) is 4.90 Å². The molecule has 0 unspecified atom stereocenters. The van der Waals surface area contributed by atoms with Crippen molar-refractivity contribution in [1.29, 1.82) is 0 Å². The first-order chi connectivity index (χ1) is 13.3. The summed E-state index contributed by atoms with van der Waals surface area (Å²) in [5.74, 6) is 0.949. The van der Waals surface area contributed by atoms with E-state index >= 15 is 0 Å². The molecule has 0 aromatic heterocycles. The predicted octanol–water partition coefficient (Wildman–Crippen LogP) is 5.13. The standard InChI is InChI=1S/C23H37NO3/c1-3-25-23(26-4-2)12-9-11-21-13-15-22(16-14-21)27-20-10-19-24-17-7-5-6-8-18-24/h9,11,13-16,23H,3-8,10,12,17-20H2,1-2H3. The smallest absolute Gasteiger partial charge is 0.160 e. The van der Waals surface area contributed by atoms with Crippen LogP contribution < -0.4 is 4.74 Å². The summed E-state index contributed by atoms with van der Waals surface area (Å²) in [7, 11) is 0. The van der Waals surface area contributed by atoms with Crippen molar-refractivity contribution < 1.29 is 14.2 Å². The molecule has 1 aliphatic rings. The summed E-state index contributed by atoms with van der Waals surface area (Å²) in [6, 6.07) is 8.29. The number of rotatable bonds is 12. The maximum Gasteiger partial charge on any atom is 0.160 e. The molecule has 0 atom stereocenters. The molecule has 0 radical (unpaired) electrons. The van der Waals surface area contributed by atoms with Crippen LogP contribution in [0.2, 0.25) is 0 Å². The van der Waals surface area contributed by atoms with Gasteiger partial charge in [0.1, 0.15) is 5.75 Å². The second kappa shape index (κ2) is 13.8. The third-order valence-electron chi connectivity index (χ3n) is 4.81. The Bertz CT molecular complexity index is 501. The zero-order chi connectivity index (χ0) is 19.2. The van der Waals surface area contributed by atoms with E-state index in [9.17, 15) is 0 Å². The number of hydrogen-bond donors (Lipinski definition) is 0. The summed E-state index contributed by atoms with van der Waals surface area (Å²) in [6.45, 7) is 9.77. The minimum atomic E-state index is -0.150. The Labute approximate surface area is 165 Å². The summed E-state index contributed by atoms with van der Waals surface area (Å²) in [4.78, 5) is 2.59. The van der Waals surface area contributed by atoms with E-state index in [1.54, 1.807) is 0 Å². The van der Waals surface area contributed by atoms with E-state index in [2.05, 4.69) is 29.2 Å². The highest BCUT2D eigenvalue weighted by Crippen LogP contribution is 2.15. The Balaban J connectivity index is 1.65. The number of ether oxygens (including phenoxy) is 3. The molecule has 1 heterocycles. The van der Waals surface area contributed by atoms with Gasteiger partial charge in [0, 0.05) is 26.2 Å². The van der Waals surface area contributed by atoms with E-state index in [1.165, 1.54) is 44.3 Å². The van der Waals surface area contributed by atoms with Gasteiger partial charge >= 0.3 is 0 Å². The lowest BCUT2D eigenvalue weighted by molar-refractivity contribution is -0.133. The average Bonchev–Trinajstić information content (AvgIpc) is 2.96. The normalized spacial score (nSPS) is 16.1. The number of likely N-dealkylation sites (tertiary alicyclic amines) is 1. The maximum absolute atomic E-state index is 5.90. The van der Waals surface area contributed by atoms with Crippen LogP contribution in [0.3, 0.4) is 0 Å². The van der Waals surface area contributed by atoms with Crippen LogP contribution in [0.1, 0.15) is 57.9 Å². The fourth-order valence-electron chi connectivity index (χ4n) is 3.38. The molecule has 4 heteroatoms. The monoisotopic (exact) mass is 375 g/mol. The molecule has 1 saturated heterocycles. The zero-order valence-electron chi connectivity index (χ0n) is 17.2. The minimum Gasteiger partial charge on any atom is -0.494 e. The molecule has 1 fully saturated rings. The molecule has 0 amide bonds. The van der Waals surface area contributed by atoms with Crippen LogP contribution >= 0.6 is 0 Å². The molecule has 0 aliphatic carbocycles. The second-order valence-electron chi connectivity index (χ2n) is 7.01. The molecule has 4 nitrogen and oxygen atoms in total. The Morgan fingerprint density at radius 2 is 1.63 bits per heavy atom. The first-order valence-corrected chi connectivity index (χ1v) is 10.7. The molecule has 152 valence electrons. The van der Waals surface area contributed by atoms with Crippen molar-refractivity contribution >= 4 is 6.08 Å². The molecule has 27 heavy (non-hydrogen) atoms. The molecule has 0 spiro atoms. The lowest BCUT2D eigenvalue weighted by atomic mass is 10.2. The van der Waals surface area contributed by atoms with E-state index in [4.69, 9.17) is 14.2 Å². The Morgan fingerprint density at radius 3 is 2.26 bits per heavy atom. The van der Waals surface area contributed by atoms with Crippen molar-refractivity contribution in [2.75, 3.05) is 39.5 Å². The topological polar surface area (TPSA) is 30.9 Å². The van der Waals surface area contributed by atoms with Crippen molar-refractivity contribution in [3.63, 3.8) is 0 Å². The van der Waals surface area contributed by atoms with Crippen LogP contribution in [0.5, 0.6) is 5.75 Å². The molecular formula is C23H37NO3. The molecule has 1 aliphatic heterocycles. The predicted molar refractivity (Wildman–Crippen MR) is 112 cm³/mol. The first-order valence-electron chi connectivity index (χ1n) is 10.7. The largest absolute Gasteiger partial charge is 0.494 e. The van der Waals surface area contributed by atoms with Crippen molar-refractivity contribution in [3.8, 4) is 5.75 Å². The highest BCUT2D eigenvalue weighted by Gasteiger charge is 2.08. The summed E-state index contributed by atoms with van der Waals surface area (Å²) in [5, 5.41) is 0. The molecule has 0 saturated carbocycles. The SMILES string of the molecule is CCOC(CC=Cc1ccc(OCCCN2CCCCCC2)cc1)OCC. The minimum absolute atomic E-state index is 0.150. The summed E-state index contributed by atoms with van der Waals surface area (Å²) in [5.41, 5.74) is 1.17. The van der Waals surface area contributed by atoms with Crippen molar-refractivity contribution in [2.24, 2.45) is 0 Å². The average molecular weight is 376 g/mol. The Morgan fingerprint density at radius 1 is 0.963 bits per heavy atom. The van der Waals surface area contributed by atoms with E-state index in [0.717, 1.165) is 31.7 Å². The quantitative estimate of drug-likeness (QED) is 0.374. The summed E-state index contributed by atoms with van der Waals surface area (Å²) in [6.07, 6.45) is 11.4. The van der Waals surface area contributed by atoms with Gasteiger partial charge in [-0.1, -0.05) is 37.1 Å². The Kier molecular flexibility index (Phi) is 11.2. The van der Waals surface area contributed by atoms with Gasteiger partial charge in [-0.05, 0) is 63.9 Å². The van der Waals surface area contributed by atoms with Gasteiger partial charge in [0.05, 0.1) is 6.61 Å². The number of nitrogens with zero attached hydrogens (tertiary/aromatic N) is 1. The van der Waals surface area contributed by atoms with E-state index < -0.39 is 0 Å². The van der Waals surface area contributed by atoms with Gasteiger partial charge in [0.25, 0.3) is 0 Å². The van der Waals surface area contributed by atoms with Gasteiger partial charge in [-0.3, -0.25) is 0 Å². The third-order valence-corrected chi connectivity index (χ3v) is 4.81. The van der Waals surface area contributed by atoms with Crippen LogP contribution in [0.4, 0.5) is 0 Å². The van der Waals surface area contributed by atoms with Crippen LogP contribution in [-0.2, 0) is 9.47 Å². The zero-order valence-corrected chi connectivity index (χ0v) is 17.2. The van der Waals surface area contributed by atoms with Gasteiger partial charge in [0.15, 0.2) is 6.29 Å². The van der Waals surface area contributed by atoms with Gasteiger partial charge in [0.2, 0.25) is 0 Å². The van der Waals surface area contributed by atoms with Crippen molar-refractivity contribution in [3.05, 3.63) is 35.9 Å². The fraction of sp³-hybridized carbons (Fsp3) is 0.652. The molecule has 1 aromatic rings. The molecule has 2 rings (SSSR count). The molecular weight excluding hydrogens is 338 g/mol. The summed E-state index contributed by atoms with van der Waals surface area (Å²) < 4.78 is 17.0. The number of hydrogen-bond acceptors (Lipinski definition) is 4.